The van der Waals surface area contributed by atoms with E-state index in [1.165, 1.54) is 0 Å². The molecule has 0 saturated heterocycles. The predicted molar refractivity (Wildman–Crippen MR) is 73.9 cm³/mol. The fourth-order valence-electron chi connectivity index (χ4n) is 2.51. The van der Waals surface area contributed by atoms with Crippen LogP contribution in [0.1, 0.15) is 31.2 Å². The molecule has 2 aromatic rings. The number of nitrogens with zero attached hydrogens (tertiary/aromatic N) is 2. The molecule has 1 aromatic carbocycles. The molecule has 2 N–H and O–H groups in total. The molecule has 5 heteroatoms. The summed E-state index contributed by atoms with van der Waals surface area (Å²) in [4.78, 5) is 19.0. The van der Waals surface area contributed by atoms with E-state index in [4.69, 9.17) is 0 Å². The first-order valence-electron chi connectivity index (χ1n) is 6.50. The summed E-state index contributed by atoms with van der Waals surface area (Å²) in [5, 5.41) is 4.23. The molecule has 0 fully saturated rings. The van der Waals surface area contributed by atoms with E-state index >= 15 is 0 Å². The number of aromatic nitrogens is 2. The minimum Gasteiger partial charge on any atom is -0.342 e. The molecule has 2 heterocycles. The van der Waals surface area contributed by atoms with Gasteiger partial charge in [-0.05, 0) is 25.5 Å². The quantitative estimate of drug-likeness (QED) is 0.864. The van der Waals surface area contributed by atoms with E-state index in [1.807, 2.05) is 25.1 Å². The summed E-state index contributed by atoms with van der Waals surface area (Å²) in [6.45, 7) is 4.02. The Balaban J connectivity index is 2.05. The van der Waals surface area contributed by atoms with Crippen molar-refractivity contribution in [3.8, 4) is 0 Å². The van der Waals surface area contributed by atoms with Gasteiger partial charge in [0.05, 0.1) is 16.7 Å². The highest BCUT2D eigenvalue weighted by molar-refractivity contribution is 6.07. The van der Waals surface area contributed by atoms with E-state index in [9.17, 15) is 4.79 Å². The van der Waals surface area contributed by atoms with Gasteiger partial charge in [0.2, 0.25) is 5.91 Å². The van der Waals surface area contributed by atoms with Gasteiger partial charge in [-0.1, -0.05) is 13.0 Å². The van der Waals surface area contributed by atoms with Crippen molar-refractivity contribution in [2.45, 2.75) is 26.7 Å². The SMILES string of the molecule is CCC1CC(=O)NN=C1c1ccc2nc(C)[nH]c2c1. The summed E-state index contributed by atoms with van der Waals surface area (Å²) in [5.74, 6) is 1.09. The van der Waals surface area contributed by atoms with E-state index in [-0.39, 0.29) is 11.8 Å². The zero-order valence-electron chi connectivity index (χ0n) is 11.0. The molecular formula is C14H16N4O. The number of imidazole rings is 1. The van der Waals surface area contributed by atoms with Gasteiger partial charge < -0.3 is 4.98 Å². The molecule has 98 valence electrons. The van der Waals surface area contributed by atoms with Crippen molar-refractivity contribution in [2.75, 3.05) is 0 Å². The van der Waals surface area contributed by atoms with Crippen molar-refractivity contribution in [2.24, 2.45) is 11.0 Å². The van der Waals surface area contributed by atoms with Crippen LogP contribution in [0.5, 0.6) is 0 Å². The van der Waals surface area contributed by atoms with Gasteiger partial charge in [0, 0.05) is 17.9 Å². The maximum absolute atomic E-state index is 11.4. The van der Waals surface area contributed by atoms with E-state index in [2.05, 4.69) is 27.4 Å². The summed E-state index contributed by atoms with van der Waals surface area (Å²) < 4.78 is 0. The van der Waals surface area contributed by atoms with Crippen molar-refractivity contribution in [1.29, 1.82) is 0 Å². The van der Waals surface area contributed by atoms with Crippen molar-refractivity contribution < 1.29 is 4.79 Å². The number of rotatable bonds is 2. The zero-order chi connectivity index (χ0) is 13.4. The molecule has 0 aliphatic carbocycles. The fourth-order valence-corrected chi connectivity index (χ4v) is 2.51. The minimum absolute atomic E-state index is 0.00550. The Morgan fingerprint density at radius 2 is 2.26 bits per heavy atom. The van der Waals surface area contributed by atoms with Gasteiger partial charge in [0.15, 0.2) is 0 Å². The number of hydrazone groups is 1. The third-order valence-corrected chi connectivity index (χ3v) is 3.51. The van der Waals surface area contributed by atoms with E-state index in [1.54, 1.807) is 0 Å². The summed E-state index contributed by atoms with van der Waals surface area (Å²) >= 11 is 0. The van der Waals surface area contributed by atoms with Gasteiger partial charge in [-0.2, -0.15) is 5.10 Å². The van der Waals surface area contributed by atoms with Gasteiger partial charge in [-0.3, -0.25) is 4.79 Å². The number of amides is 1. The maximum atomic E-state index is 11.4. The molecule has 1 unspecified atom stereocenters. The number of H-pyrrole nitrogens is 1. The first kappa shape index (κ1) is 11.9. The topological polar surface area (TPSA) is 70.1 Å². The van der Waals surface area contributed by atoms with Crippen LogP contribution in [0, 0.1) is 12.8 Å². The van der Waals surface area contributed by atoms with E-state index in [0.29, 0.717) is 6.42 Å². The van der Waals surface area contributed by atoms with Crippen LogP contribution in [0.4, 0.5) is 0 Å². The summed E-state index contributed by atoms with van der Waals surface area (Å²) in [6, 6.07) is 6.05. The lowest BCUT2D eigenvalue weighted by molar-refractivity contribution is -0.122. The molecule has 1 atom stereocenters. The summed E-state index contributed by atoms with van der Waals surface area (Å²) in [5.41, 5.74) is 6.53. The summed E-state index contributed by atoms with van der Waals surface area (Å²) in [6.07, 6.45) is 1.42. The Bertz CT molecular complexity index is 671. The fraction of sp³-hybridized carbons (Fsp3) is 0.357. The van der Waals surface area contributed by atoms with Crippen LogP contribution in [-0.2, 0) is 4.79 Å². The van der Waals surface area contributed by atoms with E-state index in [0.717, 1.165) is 34.6 Å². The van der Waals surface area contributed by atoms with Crippen molar-refractivity contribution in [3.05, 3.63) is 29.6 Å². The lowest BCUT2D eigenvalue weighted by atomic mass is 9.90. The Kier molecular flexibility index (Phi) is 2.81. The second-order valence-electron chi connectivity index (χ2n) is 4.90. The Morgan fingerprint density at radius 1 is 1.42 bits per heavy atom. The largest absolute Gasteiger partial charge is 0.342 e. The van der Waals surface area contributed by atoms with Gasteiger partial charge in [-0.15, -0.1) is 0 Å². The summed E-state index contributed by atoms with van der Waals surface area (Å²) in [7, 11) is 0. The number of hydrogen-bond acceptors (Lipinski definition) is 3. The standard InChI is InChI=1S/C14H16N4O/c1-3-9-7-13(19)17-18-14(9)10-4-5-11-12(6-10)16-8(2)15-11/h4-6,9H,3,7H2,1-2H3,(H,15,16)(H,17,19). The lowest BCUT2D eigenvalue weighted by Crippen LogP contribution is -2.33. The molecule has 0 spiro atoms. The molecule has 19 heavy (non-hydrogen) atoms. The van der Waals surface area contributed by atoms with Crippen LogP contribution in [0.2, 0.25) is 0 Å². The molecule has 1 amide bonds. The molecule has 1 aliphatic rings. The average Bonchev–Trinajstić information content (AvgIpc) is 2.77. The number of carbonyl (C=O) groups is 1. The monoisotopic (exact) mass is 256 g/mol. The number of aryl methyl sites for hydroxylation is 1. The maximum Gasteiger partial charge on any atom is 0.240 e. The normalized spacial score (nSPS) is 19.4. The lowest BCUT2D eigenvalue weighted by Gasteiger charge is -2.21. The zero-order valence-corrected chi connectivity index (χ0v) is 11.0. The third-order valence-electron chi connectivity index (χ3n) is 3.51. The highest BCUT2D eigenvalue weighted by Gasteiger charge is 2.24. The highest BCUT2D eigenvalue weighted by Crippen LogP contribution is 2.22. The number of benzene rings is 1. The second-order valence-corrected chi connectivity index (χ2v) is 4.90. The molecule has 3 rings (SSSR count). The molecule has 0 saturated carbocycles. The van der Waals surface area contributed by atoms with E-state index < -0.39 is 0 Å². The van der Waals surface area contributed by atoms with Crippen LogP contribution >= 0.6 is 0 Å². The molecule has 1 aromatic heterocycles. The van der Waals surface area contributed by atoms with Crippen LogP contribution in [0.3, 0.4) is 0 Å². The van der Waals surface area contributed by atoms with Crippen molar-refractivity contribution in [1.82, 2.24) is 15.4 Å². The van der Waals surface area contributed by atoms with Gasteiger partial charge >= 0.3 is 0 Å². The molecule has 0 bridgehead atoms. The van der Waals surface area contributed by atoms with Crippen LogP contribution in [-0.4, -0.2) is 21.6 Å². The number of nitrogens with one attached hydrogen (secondary N) is 2. The Hall–Kier alpha value is -2.17. The number of fused-ring (bicyclic) bond motifs is 1. The van der Waals surface area contributed by atoms with Crippen LogP contribution in [0.25, 0.3) is 11.0 Å². The number of carbonyl (C=O) groups excluding carboxylic acids is 1. The Labute approximate surface area is 111 Å². The predicted octanol–water partition coefficient (Wildman–Crippen LogP) is 2.12. The van der Waals surface area contributed by atoms with Crippen molar-refractivity contribution >= 4 is 22.7 Å². The average molecular weight is 256 g/mol. The number of aromatic amines is 1. The highest BCUT2D eigenvalue weighted by atomic mass is 16.2. The van der Waals surface area contributed by atoms with Gasteiger partial charge in [-0.25, -0.2) is 10.4 Å². The molecule has 5 nitrogen and oxygen atoms in total. The number of hydrogen-bond donors (Lipinski definition) is 2. The smallest absolute Gasteiger partial charge is 0.240 e. The molecular weight excluding hydrogens is 240 g/mol. The minimum atomic E-state index is -0.00550. The molecule has 0 radical (unpaired) electrons. The first-order valence-corrected chi connectivity index (χ1v) is 6.50. The van der Waals surface area contributed by atoms with Gasteiger partial charge in [0.1, 0.15) is 5.82 Å². The second kappa shape index (κ2) is 4.50. The van der Waals surface area contributed by atoms with Crippen LogP contribution in [0.15, 0.2) is 23.3 Å². The van der Waals surface area contributed by atoms with Crippen LogP contribution < -0.4 is 5.43 Å². The van der Waals surface area contributed by atoms with Gasteiger partial charge in [0.25, 0.3) is 0 Å². The van der Waals surface area contributed by atoms with Crippen molar-refractivity contribution in [3.63, 3.8) is 0 Å². The Morgan fingerprint density at radius 3 is 3.05 bits per heavy atom. The molecule has 1 aliphatic heterocycles. The first-order chi connectivity index (χ1) is 9.17. The third kappa shape index (κ3) is 2.12.